The van der Waals surface area contributed by atoms with E-state index in [0.717, 1.165) is 20.9 Å². The van der Waals surface area contributed by atoms with Gasteiger partial charge in [-0.05, 0) is 110 Å². The third-order valence-electron chi connectivity index (χ3n) is 13.5. The monoisotopic (exact) mass is 1130 g/mol. The molecule has 6 aromatic carbocycles. The number of aromatic hydroxyl groups is 1. The summed E-state index contributed by atoms with van der Waals surface area (Å²) in [6.45, 7) is 2.89. The number of ether oxygens (including phenoxy) is 9. The highest BCUT2D eigenvalue weighted by Crippen LogP contribution is 2.47. The second kappa shape index (κ2) is 24.5. The maximum atomic E-state index is 13.9. The lowest BCUT2D eigenvalue weighted by atomic mass is 9.99. The van der Waals surface area contributed by atoms with Gasteiger partial charge in [0.1, 0.15) is 67.9 Å². The zero-order valence-corrected chi connectivity index (χ0v) is 45.8. The average Bonchev–Trinajstić information content (AvgIpc) is 1.99. The summed E-state index contributed by atoms with van der Waals surface area (Å²) in [7, 11) is 7.29. The largest absolute Gasteiger partial charge is 0.513 e. The molecular formula is C61H52F2N4O16. The third-order valence-corrected chi connectivity index (χ3v) is 13.5. The Balaban J connectivity index is 0.000000200. The number of rotatable bonds is 17. The number of fused-ring (bicyclic) bond motifs is 4. The summed E-state index contributed by atoms with van der Waals surface area (Å²) in [6, 6.07) is 25.1. The first-order valence-corrected chi connectivity index (χ1v) is 25.6. The van der Waals surface area contributed by atoms with E-state index in [-0.39, 0.29) is 99.2 Å². The van der Waals surface area contributed by atoms with E-state index in [1.807, 2.05) is 0 Å². The minimum atomic E-state index is -1.10. The topological polar surface area (TPSA) is 238 Å². The van der Waals surface area contributed by atoms with Gasteiger partial charge in [-0.1, -0.05) is 24.3 Å². The van der Waals surface area contributed by atoms with E-state index in [1.165, 1.54) is 66.0 Å². The Morgan fingerprint density at radius 3 is 1.29 bits per heavy atom. The molecule has 0 saturated carbocycles. The molecule has 2 aliphatic heterocycles. The molecule has 0 atom stereocenters. The first-order chi connectivity index (χ1) is 40.0. The summed E-state index contributed by atoms with van der Waals surface area (Å²) in [5, 5.41) is 11.6. The smallest absolute Gasteiger partial charge is 0.505 e. The van der Waals surface area contributed by atoms with E-state index < -0.39 is 41.7 Å². The number of halogens is 2. The molecule has 22 heteroatoms. The lowest BCUT2D eigenvalue weighted by Gasteiger charge is -2.17. The highest BCUT2D eigenvalue weighted by atomic mass is 19.1. The predicted molar refractivity (Wildman–Crippen MR) is 293 cm³/mol. The van der Waals surface area contributed by atoms with Gasteiger partial charge in [0, 0.05) is 46.4 Å². The molecular weight excluding hydrogens is 1080 g/mol. The fourth-order valence-corrected chi connectivity index (χ4v) is 9.58. The number of phenols is 1. The van der Waals surface area contributed by atoms with Crippen LogP contribution in [0.2, 0.25) is 0 Å². The van der Waals surface area contributed by atoms with Crippen LogP contribution in [0.25, 0.3) is 21.8 Å². The lowest BCUT2D eigenvalue weighted by molar-refractivity contribution is 0.0623. The summed E-state index contributed by atoms with van der Waals surface area (Å²) in [6.07, 6.45) is 1.61. The molecule has 4 amide bonds. The number of carbonyl (C=O) groups excluding carboxylic acids is 6. The van der Waals surface area contributed by atoms with E-state index >= 15 is 0 Å². The van der Waals surface area contributed by atoms with Crippen LogP contribution in [0.1, 0.15) is 88.7 Å². The number of methoxy groups -OCH3 is 5. The number of phenolic OH excluding ortho intramolecular Hbond substituents is 1. The van der Waals surface area contributed by atoms with Crippen molar-refractivity contribution in [2.24, 2.45) is 0 Å². The highest BCUT2D eigenvalue weighted by Gasteiger charge is 2.45. The van der Waals surface area contributed by atoms with Crippen LogP contribution in [0.5, 0.6) is 46.0 Å². The number of pyridine rings is 2. The zero-order valence-electron chi connectivity index (χ0n) is 45.8. The molecule has 10 rings (SSSR count). The average molecular weight is 1140 g/mol. The summed E-state index contributed by atoms with van der Waals surface area (Å²) in [4.78, 5) is 90.8. The fraction of sp³-hybridized carbons (Fsp3) is 0.213. The van der Waals surface area contributed by atoms with E-state index in [1.54, 1.807) is 92.8 Å². The van der Waals surface area contributed by atoms with Gasteiger partial charge in [-0.3, -0.25) is 38.9 Å². The lowest BCUT2D eigenvalue weighted by Crippen LogP contribution is -2.29. The number of carbonyl (C=O) groups is 6. The van der Waals surface area contributed by atoms with Gasteiger partial charge in [0.25, 0.3) is 23.6 Å². The fourth-order valence-electron chi connectivity index (χ4n) is 9.58. The molecule has 0 aliphatic carbocycles. The van der Waals surface area contributed by atoms with E-state index in [4.69, 9.17) is 42.6 Å². The van der Waals surface area contributed by atoms with Crippen LogP contribution < -0.4 is 33.2 Å². The van der Waals surface area contributed by atoms with Gasteiger partial charge >= 0.3 is 12.3 Å². The number of hydrogen-bond donors (Lipinski definition) is 1. The van der Waals surface area contributed by atoms with Gasteiger partial charge in [0.15, 0.2) is 23.0 Å². The quantitative estimate of drug-likeness (QED) is 0.0507. The summed E-state index contributed by atoms with van der Waals surface area (Å²) in [5.41, 5.74) is 3.24. The molecule has 0 fully saturated rings. The van der Waals surface area contributed by atoms with E-state index in [0.29, 0.717) is 58.1 Å². The van der Waals surface area contributed by atoms with Crippen LogP contribution in [0, 0.1) is 11.6 Å². The molecule has 20 nitrogen and oxygen atoms in total. The SMILES string of the molecule is CCOC(=O)Oc1c2c(c(O)c3ncc(Cc4ccc(F)cc4)cc13)C(=O)N(Cc1ccc(OC)cc1OC)C2=O.CCOC(=O)Oc1c2c(c(OC)c3ncc(Cc4ccc(F)cc4)cc13)C(=O)N(Cc1ccc(OC)cc1OC)C2=O. The van der Waals surface area contributed by atoms with Crippen LogP contribution in [-0.4, -0.2) is 110 Å². The van der Waals surface area contributed by atoms with Crippen molar-refractivity contribution in [3.05, 3.63) is 177 Å². The van der Waals surface area contributed by atoms with Gasteiger partial charge in [-0.15, -0.1) is 0 Å². The number of aromatic nitrogens is 2. The first-order valence-electron chi connectivity index (χ1n) is 25.6. The van der Waals surface area contributed by atoms with Crippen LogP contribution in [-0.2, 0) is 35.4 Å². The number of imide groups is 2. The molecule has 426 valence electrons. The standard InChI is InChI=1S/C31H27FN2O8.C30H25FN2O8/c1-5-41-31(37)42-27-22-13-18(12-17-6-9-20(32)10-7-17)15-33-26(22)28(40-4)25-24(27)29(35)34(30(25)36)16-19-8-11-21(38-2)14-23(19)39-3;1-4-40-30(37)41-27-21-12-17(11-16-5-8-19(31)9-6-16)14-32-25(21)26(34)23-24(27)29(36)33(28(23)35)15-18-7-10-20(38-2)13-22(18)39-3/h6-11,13-15H,5,12,16H2,1-4H3;5-10,12-14,34H,4,11,15H2,1-3H3. The second-order valence-electron chi connectivity index (χ2n) is 18.4. The molecule has 0 unspecified atom stereocenters. The van der Waals surface area contributed by atoms with Gasteiger partial charge in [0.05, 0.1) is 61.9 Å². The van der Waals surface area contributed by atoms with E-state index in [9.17, 15) is 42.7 Å². The predicted octanol–water partition coefficient (Wildman–Crippen LogP) is 10.3. The molecule has 0 saturated heterocycles. The van der Waals surface area contributed by atoms with Gasteiger partial charge in [0.2, 0.25) is 0 Å². The molecule has 4 heterocycles. The van der Waals surface area contributed by atoms with Crippen molar-refractivity contribution in [3.63, 3.8) is 0 Å². The Kier molecular flexibility index (Phi) is 17.0. The second-order valence-corrected chi connectivity index (χ2v) is 18.4. The van der Waals surface area contributed by atoms with Crippen molar-refractivity contribution >= 4 is 57.7 Å². The Labute approximate surface area is 472 Å². The Bertz CT molecular complexity index is 3890. The van der Waals surface area contributed by atoms with Crippen molar-refractivity contribution in [1.29, 1.82) is 0 Å². The maximum Gasteiger partial charge on any atom is 0.513 e. The first kappa shape index (κ1) is 57.3. The molecule has 2 aliphatic rings. The van der Waals surface area contributed by atoms with Crippen molar-refractivity contribution in [3.8, 4) is 46.0 Å². The minimum absolute atomic E-state index is 0.00136. The Hall–Kier alpha value is -10.4. The molecule has 0 spiro atoms. The number of benzene rings is 6. The van der Waals surface area contributed by atoms with Crippen molar-refractivity contribution < 1.29 is 85.3 Å². The van der Waals surface area contributed by atoms with Gasteiger partial charge in [-0.2, -0.15) is 0 Å². The molecule has 1 N–H and O–H groups in total. The van der Waals surface area contributed by atoms with Gasteiger partial charge in [-0.25, -0.2) is 18.4 Å². The third kappa shape index (κ3) is 11.5. The maximum absolute atomic E-state index is 13.9. The zero-order chi connectivity index (χ0) is 59.2. The molecule has 0 radical (unpaired) electrons. The van der Waals surface area contributed by atoms with Crippen LogP contribution in [0.4, 0.5) is 18.4 Å². The van der Waals surface area contributed by atoms with Crippen molar-refractivity contribution in [2.45, 2.75) is 39.8 Å². The number of hydrogen-bond acceptors (Lipinski definition) is 18. The van der Waals surface area contributed by atoms with Crippen LogP contribution >= 0.6 is 0 Å². The molecule has 0 bridgehead atoms. The molecule has 2 aromatic heterocycles. The highest BCUT2D eigenvalue weighted by molar-refractivity contribution is 6.28. The number of nitrogens with zero attached hydrogens (tertiary/aromatic N) is 4. The molecule has 83 heavy (non-hydrogen) atoms. The summed E-state index contributed by atoms with van der Waals surface area (Å²) < 4.78 is 74.8. The van der Waals surface area contributed by atoms with Crippen LogP contribution in [0.3, 0.4) is 0 Å². The van der Waals surface area contributed by atoms with Crippen molar-refractivity contribution in [2.75, 3.05) is 48.8 Å². The van der Waals surface area contributed by atoms with Gasteiger partial charge < -0.3 is 47.7 Å². The van der Waals surface area contributed by atoms with E-state index in [2.05, 4.69) is 9.97 Å². The molecule has 8 aromatic rings. The minimum Gasteiger partial charge on any atom is -0.505 e. The number of amides is 4. The summed E-state index contributed by atoms with van der Waals surface area (Å²) >= 11 is 0. The Morgan fingerprint density at radius 2 is 0.880 bits per heavy atom. The van der Waals surface area contributed by atoms with Crippen LogP contribution in [0.15, 0.2) is 109 Å². The normalized spacial score (nSPS) is 12.4. The Morgan fingerprint density at radius 1 is 0.482 bits per heavy atom. The van der Waals surface area contributed by atoms with Crippen molar-refractivity contribution in [1.82, 2.24) is 19.8 Å². The summed E-state index contributed by atoms with van der Waals surface area (Å²) in [5.74, 6) is -2.72.